The smallest absolute Gasteiger partial charge is 0.122 e. The largest absolute Gasteiger partial charge is 0.507 e. The summed E-state index contributed by atoms with van der Waals surface area (Å²) in [5.74, 6) is 1.33. The van der Waals surface area contributed by atoms with Crippen molar-refractivity contribution in [3.63, 3.8) is 0 Å². The molecule has 0 radical (unpaired) electrons. The number of aryl methyl sites for hydroxylation is 1. The van der Waals surface area contributed by atoms with Gasteiger partial charge in [0.1, 0.15) is 5.75 Å². The second-order valence-corrected chi connectivity index (χ2v) is 4.16. The average Bonchev–Trinajstić information content (AvgIpc) is 2.96. The SMILES string of the molecule is Cc1cccc(CNCC2CC2)c1O. The number of phenols is 1. The van der Waals surface area contributed by atoms with E-state index >= 15 is 0 Å². The molecule has 1 fully saturated rings. The van der Waals surface area contributed by atoms with Crippen LogP contribution in [0.3, 0.4) is 0 Å². The van der Waals surface area contributed by atoms with Crippen molar-refractivity contribution in [3.05, 3.63) is 29.3 Å². The van der Waals surface area contributed by atoms with Crippen molar-refractivity contribution in [2.24, 2.45) is 5.92 Å². The summed E-state index contributed by atoms with van der Waals surface area (Å²) < 4.78 is 0. The molecule has 0 saturated heterocycles. The summed E-state index contributed by atoms with van der Waals surface area (Å²) in [5, 5.41) is 13.1. The zero-order valence-corrected chi connectivity index (χ0v) is 8.59. The van der Waals surface area contributed by atoms with Crippen molar-refractivity contribution in [1.29, 1.82) is 0 Å². The fraction of sp³-hybridized carbons (Fsp3) is 0.500. The Hall–Kier alpha value is -1.02. The standard InChI is InChI=1S/C12H17NO/c1-9-3-2-4-11(12(9)14)8-13-7-10-5-6-10/h2-4,10,13-14H,5-8H2,1H3. The Bertz CT molecular complexity index is 318. The van der Waals surface area contributed by atoms with Gasteiger partial charge in [0.05, 0.1) is 0 Å². The van der Waals surface area contributed by atoms with E-state index in [9.17, 15) is 5.11 Å². The van der Waals surface area contributed by atoms with Crippen molar-refractivity contribution in [2.45, 2.75) is 26.3 Å². The number of aromatic hydroxyl groups is 1. The van der Waals surface area contributed by atoms with Gasteiger partial charge in [0.2, 0.25) is 0 Å². The summed E-state index contributed by atoms with van der Waals surface area (Å²) in [4.78, 5) is 0. The first-order valence-electron chi connectivity index (χ1n) is 5.25. The van der Waals surface area contributed by atoms with Crippen molar-refractivity contribution < 1.29 is 5.11 Å². The van der Waals surface area contributed by atoms with E-state index < -0.39 is 0 Å². The summed E-state index contributed by atoms with van der Waals surface area (Å²) in [6.07, 6.45) is 2.74. The molecular weight excluding hydrogens is 174 g/mol. The molecule has 2 nitrogen and oxygen atoms in total. The predicted molar refractivity (Wildman–Crippen MR) is 57.3 cm³/mol. The van der Waals surface area contributed by atoms with Crippen LogP contribution in [0.1, 0.15) is 24.0 Å². The molecule has 76 valence electrons. The second kappa shape index (κ2) is 4.01. The highest BCUT2D eigenvalue weighted by atomic mass is 16.3. The molecule has 0 aromatic heterocycles. The Balaban J connectivity index is 1.90. The molecule has 0 atom stereocenters. The van der Waals surface area contributed by atoms with E-state index in [0.29, 0.717) is 5.75 Å². The number of rotatable bonds is 4. The third-order valence-corrected chi connectivity index (χ3v) is 2.77. The van der Waals surface area contributed by atoms with E-state index in [1.807, 2.05) is 25.1 Å². The van der Waals surface area contributed by atoms with Crippen molar-refractivity contribution in [2.75, 3.05) is 6.54 Å². The van der Waals surface area contributed by atoms with Gasteiger partial charge in [0, 0.05) is 12.1 Å². The molecule has 1 aromatic rings. The summed E-state index contributed by atoms with van der Waals surface area (Å²) in [6.45, 7) is 3.80. The van der Waals surface area contributed by atoms with Crippen LogP contribution in [0.4, 0.5) is 0 Å². The van der Waals surface area contributed by atoms with Gasteiger partial charge in [-0.25, -0.2) is 0 Å². The maximum Gasteiger partial charge on any atom is 0.122 e. The molecule has 0 amide bonds. The Morgan fingerprint density at radius 1 is 1.43 bits per heavy atom. The Morgan fingerprint density at radius 2 is 2.21 bits per heavy atom. The zero-order valence-electron chi connectivity index (χ0n) is 8.59. The lowest BCUT2D eigenvalue weighted by Gasteiger charge is -2.07. The number of benzene rings is 1. The van der Waals surface area contributed by atoms with E-state index in [-0.39, 0.29) is 0 Å². The first kappa shape index (κ1) is 9.53. The van der Waals surface area contributed by atoms with Crippen LogP contribution in [0.2, 0.25) is 0 Å². The van der Waals surface area contributed by atoms with Crippen LogP contribution in [-0.4, -0.2) is 11.7 Å². The van der Waals surface area contributed by atoms with Gasteiger partial charge in [-0.3, -0.25) is 0 Å². The normalized spacial score (nSPS) is 15.8. The maximum absolute atomic E-state index is 9.74. The average molecular weight is 191 g/mol. The lowest BCUT2D eigenvalue weighted by molar-refractivity contribution is 0.459. The monoisotopic (exact) mass is 191 g/mol. The number of nitrogens with one attached hydrogen (secondary N) is 1. The zero-order chi connectivity index (χ0) is 9.97. The minimum atomic E-state index is 0.441. The number of phenolic OH excluding ortho intramolecular Hbond substituents is 1. The first-order valence-corrected chi connectivity index (χ1v) is 5.25. The molecule has 1 saturated carbocycles. The van der Waals surface area contributed by atoms with Gasteiger partial charge in [0.25, 0.3) is 0 Å². The minimum absolute atomic E-state index is 0.441. The van der Waals surface area contributed by atoms with Crippen molar-refractivity contribution in [1.82, 2.24) is 5.32 Å². The minimum Gasteiger partial charge on any atom is -0.507 e. The Kier molecular flexibility index (Phi) is 2.73. The van der Waals surface area contributed by atoms with E-state index in [0.717, 1.165) is 30.1 Å². The number of hydrogen-bond acceptors (Lipinski definition) is 2. The quantitative estimate of drug-likeness (QED) is 0.764. The topological polar surface area (TPSA) is 32.3 Å². The summed E-state index contributed by atoms with van der Waals surface area (Å²) >= 11 is 0. The van der Waals surface area contributed by atoms with Crippen LogP contribution in [0.25, 0.3) is 0 Å². The Morgan fingerprint density at radius 3 is 2.93 bits per heavy atom. The molecule has 1 aliphatic carbocycles. The van der Waals surface area contributed by atoms with Crippen LogP contribution in [0.5, 0.6) is 5.75 Å². The lowest BCUT2D eigenvalue weighted by Crippen LogP contribution is -2.16. The molecule has 0 unspecified atom stereocenters. The molecule has 0 bridgehead atoms. The molecular formula is C12H17NO. The maximum atomic E-state index is 9.74. The van der Waals surface area contributed by atoms with Gasteiger partial charge < -0.3 is 10.4 Å². The van der Waals surface area contributed by atoms with Crippen LogP contribution >= 0.6 is 0 Å². The Labute approximate surface area is 85.0 Å². The van der Waals surface area contributed by atoms with Crippen molar-refractivity contribution >= 4 is 0 Å². The molecule has 0 heterocycles. The van der Waals surface area contributed by atoms with Crippen molar-refractivity contribution in [3.8, 4) is 5.75 Å². The third-order valence-electron chi connectivity index (χ3n) is 2.77. The molecule has 14 heavy (non-hydrogen) atoms. The van der Waals surface area contributed by atoms with E-state index in [2.05, 4.69) is 5.32 Å². The molecule has 1 aliphatic rings. The highest BCUT2D eigenvalue weighted by molar-refractivity contribution is 5.39. The third kappa shape index (κ3) is 2.26. The molecule has 1 aromatic carbocycles. The fourth-order valence-corrected chi connectivity index (χ4v) is 1.60. The van der Waals surface area contributed by atoms with Gasteiger partial charge >= 0.3 is 0 Å². The van der Waals surface area contributed by atoms with Crippen LogP contribution in [-0.2, 0) is 6.54 Å². The van der Waals surface area contributed by atoms with Gasteiger partial charge in [-0.2, -0.15) is 0 Å². The highest BCUT2D eigenvalue weighted by Crippen LogP contribution is 2.28. The van der Waals surface area contributed by atoms with Crippen LogP contribution < -0.4 is 5.32 Å². The fourth-order valence-electron chi connectivity index (χ4n) is 1.60. The summed E-state index contributed by atoms with van der Waals surface area (Å²) in [7, 11) is 0. The van der Waals surface area contributed by atoms with E-state index in [4.69, 9.17) is 0 Å². The van der Waals surface area contributed by atoms with Gasteiger partial charge in [-0.1, -0.05) is 18.2 Å². The van der Waals surface area contributed by atoms with Gasteiger partial charge in [-0.05, 0) is 37.8 Å². The first-order chi connectivity index (χ1) is 6.77. The molecule has 2 rings (SSSR count). The molecule has 0 aliphatic heterocycles. The molecule has 0 spiro atoms. The highest BCUT2D eigenvalue weighted by Gasteiger charge is 2.20. The van der Waals surface area contributed by atoms with E-state index in [1.54, 1.807) is 0 Å². The summed E-state index contributed by atoms with van der Waals surface area (Å²) in [5.41, 5.74) is 1.96. The predicted octanol–water partition coefficient (Wildman–Crippen LogP) is 2.20. The van der Waals surface area contributed by atoms with Gasteiger partial charge in [-0.15, -0.1) is 0 Å². The van der Waals surface area contributed by atoms with Gasteiger partial charge in [0.15, 0.2) is 0 Å². The van der Waals surface area contributed by atoms with Crippen LogP contribution in [0, 0.1) is 12.8 Å². The van der Waals surface area contributed by atoms with E-state index in [1.165, 1.54) is 12.8 Å². The molecule has 2 heteroatoms. The number of para-hydroxylation sites is 1. The summed E-state index contributed by atoms with van der Waals surface area (Å²) in [6, 6.07) is 5.89. The number of hydrogen-bond donors (Lipinski definition) is 2. The molecule has 2 N–H and O–H groups in total. The van der Waals surface area contributed by atoms with Crippen LogP contribution in [0.15, 0.2) is 18.2 Å². The second-order valence-electron chi connectivity index (χ2n) is 4.16. The lowest BCUT2D eigenvalue weighted by atomic mass is 10.1.